The largest absolute Gasteiger partial charge is 0.478 e. The summed E-state index contributed by atoms with van der Waals surface area (Å²) in [4.78, 5) is 33.2. The Labute approximate surface area is 406 Å². The number of nitriles is 2. The number of rotatable bonds is 15. The standard InChI is InChI=1S/C46H31N13O9S3/c1-26-37(24-48)40(50-31-14-18-35(19-15-31)70(63,64)65)54-41(51-32-16-20-36(21-17-32)71(66,67)68)38(26)55-58-46-53-39(27-10-12-33(13-11-27)52-43(60)28-6-3-2-4-7-28)44(69-46)57-56-42-30(23-47)25-49-59(42)34-9-5-8-29(22-34)45(61)62/h2-22,25H,1H3,(H,52,60)(H,61,62)(H2,50,51,54)(H,63,64,65)(H,66,67,68). The van der Waals surface area contributed by atoms with Crippen LogP contribution in [0.2, 0.25) is 0 Å². The number of nitrogens with zero attached hydrogens (tertiary/aromatic N) is 10. The van der Waals surface area contributed by atoms with Gasteiger partial charge < -0.3 is 21.1 Å². The van der Waals surface area contributed by atoms with Crippen LogP contribution >= 0.6 is 11.3 Å². The van der Waals surface area contributed by atoms with E-state index in [1.54, 1.807) is 67.6 Å². The molecule has 8 aromatic rings. The van der Waals surface area contributed by atoms with Crippen LogP contribution in [0.1, 0.15) is 37.4 Å². The third-order valence-electron chi connectivity index (χ3n) is 10.1. The molecular weight excluding hydrogens is 975 g/mol. The Morgan fingerprint density at radius 2 is 1.30 bits per heavy atom. The lowest BCUT2D eigenvalue weighted by atomic mass is 10.1. The van der Waals surface area contributed by atoms with Crippen molar-refractivity contribution in [1.29, 1.82) is 10.5 Å². The second kappa shape index (κ2) is 20.1. The molecule has 3 heterocycles. The van der Waals surface area contributed by atoms with Crippen molar-refractivity contribution in [3.05, 3.63) is 161 Å². The average Bonchev–Trinajstić information content (AvgIpc) is 3.97. The number of hydrogen-bond donors (Lipinski definition) is 6. The number of carboxylic acid groups (broad SMARTS) is 1. The third-order valence-corrected chi connectivity index (χ3v) is 12.6. The first-order valence-corrected chi connectivity index (χ1v) is 24.0. The zero-order valence-electron chi connectivity index (χ0n) is 36.2. The van der Waals surface area contributed by atoms with E-state index in [2.05, 4.69) is 52.6 Å². The van der Waals surface area contributed by atoms with Crippen LogP contribution in [0.5, 0.6) is 0 Å². The summed E-state index contributed by atoms with van der Waals surface area (Å²) in [5.74, 6) is -1.60. The van der Waals surface area contributed by atoms with Crippen molar-refractivity contribution in [2.75, 3.05) is 16.0 Å². The predicted molar refractivity (Wildman–Crippen MR) is 258 cm³/mol. The van der Waals surface area contributed by atoms with E-state index in [0.717, 1.165) is 35.6 Å². The normalized spacial score (nSPS) is 11.6. The first kappa shape index (κ1) is 48.1. The van der Waals surface area contributed by atoms with Gasteiger partial charge in [-0.25, -0.2) is 19.4 Å². The van der Waals surface area contributed by atoms with Crippen molar-refractivity contribution in [3.63, 3.8) is 0 Å². The minimum atomic E-state index is -4.54. The molecule has 6 N–H and O–H groups in total. The van der Waals surface area contributed by atoms with E-state index in [9.17, 15) is 51.2 Å². The van der Waals surface area contributed by atoms with E-state index in [-0.39, 0.29) is 94.0 Å². The number of nitrogens with one attached hydrogen (secondary N) is 3. The SMILES string of the molecule is Cc1c(C#N)c(Nc2ccc(S(=O)(=O)O)cc2)nc(Nc2ccc(S(=O)(=O)O)cc2)c1N=Nc1nc(-c2ccc(NC(=O)c3ccccc3)cc2)c(N=Nc2c(C#N)cnn2-c2cccc(C(=O)O)c2)s1. The molecule has 0 aliphatic heterocycles. The Morgan fingerprint density at radius 1 is 0.690 bits per heavy atom. The quantitative estimate of drug-likeness (QED) is 0.0411. The molecule has 1 amide bonds. The van der Waals surface area contributed by atoms with Gasteiger partial charge in [-0.15, -0.1) is 20.5 Å². The van der Waals surface area contributed by atoms with Gasteiger partial charge in [0, 0.05) is 33.8 Å². The van der Waals surface area contributed by atoms with Crippen LogP contribution in [0.3, 0.4) is 0 Å². The summed E-state index contributed by atoms with van der Waals surface area (Å²) in [7, 11) is -9.05. The van der Waals surface area contributed by atoms with Gasteiger partial charge in [0.2, 0.25) is 5.13 Å². The zero-order chi connectivity index (χ0) is 50.5. The molecule has 352 valence electrons. The third kappa shape index (κ3) is 11.0. The molecule has 71 heavy (non-hydrogen) atoms. The van der Waals surface area contributed by atoms with E-state index in [0.29, 0.717) is 16.8 Å². The van der Waals surface area contributed by atoms with Crippen molar-refractivity contribution >= 4 is 93.8 Å². The maximum Gasteiger partial charge on any atom is 0.335 e. The molecule has 0 aliphatic carbocycles. The van der Waals surface area contributed by atoms with Crippen molar-refractivity contribution in [2.24, 2.45) is 20.5 Å². The number of aromatic nitrogens is 4. The highest BCUT2D eigenvalue weighted by Crippen LogP contribution is 2.43. The number of carbonyl (C=O) groups is 2. The molecule has 0 saturated carbocycles. The molecule has 5 aromatic carbocycles. The Morgan fingerprint density at radius 3 is 1.89 bits per heavy atom. The van der Waals surface area contributed by atoms with Crippen LogP contribution < -0.4 is 16.0 Å². The minimum absolute atomic E-state index is 0.000991. The summed E-state index contributed by atoms with van der Waals surface area (Å²) < 4.78 is 67.1. The van der Waals surface area contributed by atoms with Gasteiger partial charge in [-0.05, 0) is 97.9 Å². The van der Waals surface area contributed by atoms with Crippen LogP contribution in [-0.4, -0.2) is 62.7 Å². The van der Waals surface area contributed by atoms with Gasteiger partial charge in [0.25, 0.3) is 26.1 Å². The molecule has 0 fully saturated rings. The van der Waals surface area contributed by atoms with Crippen LogP contribution in [0.15, 0.2) is 164 Å². The van der Waals surface area contributed by atoms with Crippen molar-refractivity contribution < 1.29 is 40.6 Å². The molecule has 8 rings (SSSR count). The number of thiazole rings is 1. The van der Waals surface area contributed by atoms with Gasteiger partial charge in [0.05, 0.1) is 32.8 Å². The molecular formula is C46H31N13O9S3. The van der Waals surface area contributed by atoms with Crippen LogP contribution in [-0.2, 0) is 20.2 Å². The molecule has 22 nitrogen and oxygen atoms in total. The number of anilines is 5. The summed E-state index contributed by atoms with van der Waals surface area (Å²) in [6.45, 7) is 1.56. The second-order valence-corrected chi connectivity index (χ2v) is 18.5. The fraction of sp³-hybridized carbons (Fsp3) is 0.0217. The molecule has 0 radical (unpaired) electrons. The molecule has 0 spiro atoms. The minimum Gasteiger partial charge on any atom is -0.478 e. The summed E-state index contributed by atoms with van der Waals surface area (Å²) in [6, 6.07) is 35.1. The fourth-order valence-corrected chi connectivity index (χ4v) is 8.28. The first-order chi connectivity index (χ1) is 34.0. The molecule has 0 bridgehead atoms. The Balaban J connectivity index is 1.21. The van der Waals surface area contributed by atoms with Crippen molar-refractivity contribution in [3.8, 4) is 29.1 Å². The maximum absolute atomic E-state index is 12.9. The number of aromatic carboxylic acids is 1. The number of hydrogen-bond acceptors (Lipinski definition) is 18. The maximum atomic E-state index is 12.9. The predicted octanol–water partition coefficient (Wildman–Crippen LogP) is 10.2. The summed E-state index contributed by atoms with van der Waals surface area (Å²) >= 11 is 0.915. The molecule has 0 unspecified atom stereocenters. The number of amides is 1. The summed E-state index contributed by atoms with van der Waals surface area (Å²) in [5.41, 5.74) is 2.64. The lowest BCUT2D eigenvalue weighted by molar-refractivity contribution is 0.0696. The Bertz CT molecular complexity index is 3760. The van der Waals surface area contributed by atoms with Gasteiger partial charge in [-0.1, -0.05) is 47.7 Å². The smallest absolute Gasteiger partial charge is 0.335 e. The first-order valence-electron chi connectivity index (χ1n) is 20.3. The molecule has 25 heteroatoms. The number of azo groups is 2. The second-order valence-electron chi connectivity index (χ2n) is 14.7. The van der Waals surface area contributed by atoms with Gasteiger partial charge in [0.1, 0.15) is 29.1 Å². The van der Waals surface area contributed by atoms with Gasteiger partial charge >= 0.3 is 5.97 Å². The van der Waals surface area contributed by atoms with Crippen molar-refractivity contribution in [1.82, 2.24) is 19.7 Å². The molecule has 3 aromatic heterocycles. The number of carbonyl (C=O) groups excluding carboxylic acids is 1. The Kier molecular flexibility index (Phi) is 13.6. The lowest BCUT2D eigenvalue weighted by Crippen LogP contribution is -2.11. The van der Waals surface area contributed by atoms with Gasteiger partial charge in [-0.3, -0.25) is 13.9 Å². The van der Waals surface area contributed by atoms with Crippen LogP contribution in [0.4, 0.5) is 50.3 Å². The molecule has 0 aliphatic rings. The molecule has 0 atom stereocenters. The highest BCUT2D eigenvalue weighted by molar-refractivity contribution is 7.86. The van der Waals surface area contributed by atoms with Crippen molar-refractivity contribution in [2.45, 2.75) is 16.7 Å². The monoisotopic (exact) mass is 1010 g/mol. The van der Waals surface area contributed by atoms with Crippen LogP contribution in [0.25, 0.3) is 16.9 Å². The summed E-state index contributed by atoms with van der Waals surface area (Å²) in [6.07, 6.45) is 1.25. The van der Waals surface area contributed by atoms with Gasteiger partial charge in [-0.2, -0.15) is 32.5 Å². The van der Waals surface area contributed by atoms with E-state index in [1.807, 2.05) is 6.07 Å². The lowest BCUT2D eigenvalue weighted by Gasteiger charge is -2.16. The zero-order valence-corrected chi connectivity index (χ0v) is 38.6. The fourth-order valence-electron chi connectivity index (χ4n) is 6.59. The summed E-state index contributed by atoms with van der Waals surface area (Å²) in [5, 5.41) is 61.0. The van der Waals surface area contributed by atoms with Gasteiger partial charge in [0.15, 0.2) is 22.5 Å². The van der Waals surface area contributed by atoms with E-state index in [4.69, 9.17) is 4.98 Å². The van der Waals surface area contributed by atoms with E-state index >= 15 is 0 Å². The highest BCUT2D eigenvalue weighted by Gasteiger charge is 2.22. The number of carboxylic acids is 1. The molecule has 0 saturated heterocycles. The number of benzene rings is 5. The average molecular weight is 1010 g/mol. The Hall–Kier alpha value is -9.37. The topological polar surface area (TPSA) is 340 Å². The van der Waals surface area contributed by atoms with E-state index < -0.39 is 26.2 Å². The highest BCUT2D eigenvalue weighted by atomic mass is 32.2. The number of pyridine rings is 1. The van der Waals surface area contributed by atoms with Crippen LogP contribution in [0, 0.1) is 29.6 Å². The van der Waals surface area contributed by atoms with E-state index in [1.165, 1.54) is 53.3 Å².